The third kappa shape index (κ3) is 6.33. The topological polar surface area (TPSA) is 19.6 Å². The van der Waals surface area contributed by atoms with E-state index in [4.69, 9.17) is 4.42 Å². The molecule has 0 bridgehead atoms. The molecule has 3 nitrogen and oxygen atoms in total. The van der Waals surface area contributed by atoms with Gasteiger partial charge in [0.05, 0.1) is 5.69 Å². The molecular formula is C65H61BN2O. The fraction of sp³-hybridized carbons (Fsp3) is 0.262. The molecule has 340 valence electrons. The molecular weight excluding hydrogens is 836 g/mol. The van der Waals surface area contributed by atoms with Gasteiger partial charge in [0.15, 0.2) is 0 Å². The SMILES string of the molecule is Cc1cc2c(cc1N1c3cc(-c4ccccc4)cc4c3B(c3oc5cc6c(cc5c31)C(C)(C)CCC6(C)C)N(c1ccc(-c3ccccc3)cc1)c1cc3ccccc3cc1-4)C(C)(C)CCC2(C)C. The lowest BCUT2D eigenvalue weighted by Gasteiger charge is -2.46. The van der Waals surface area contributed by atoms with Crippen LogP contribution in [0.3, 0.4) is 0 Å². The first-order chi connectivity index (χ1) is 33.1. The van der Waals surface area contributed by atoms with Crippen LogP contribution >= 0.6 is 0 Å². The smallest absolute Gasteiger partial charge is 0.375 e. The standard InChI is InChI=1S/C65H61BN2O/c1-40-32-51-53(64(6,7)30-28-62(51,2)3)38-55(40)67-57-36-46(42-20-14-11-15-21-42)34-49-48-33-44-22-16-17-23-45(44)35-56(48)68(47-26-24-43(25-27-47)41-18-12-10-13-19-41)66(59(49)57)61-60(67)50-37-52-54(39-58(50)69-61)65(8,9)31-29-63(52,4)5/h10-27,32-39H,28-31H2,1-9H3. The quantitative estimate of drug-likeness (QED) is 0.164. The van der Waals surface area contributed by atoms with Crippen molar-refractivity contribution >= 4 is 68.1 Å². The third-order valence-corrected chi connectivity index (χ3v) is 17.2. The van der Waals surface area contributed by atoms with Crippen LogP contribution in [0, 0.1) is 6.92 Å². The highest BCUT2D eigenvalue weighted by Gasteiger charge is 2.50. The van der Waals surface area contributed by atoms with Gasteiger partial charge in [0.25, 0.3) is 0 Å². The van der Waals surface area contributed by atoms with Crippen LogP contribution in [0.4, 0.5) is 28.4 Å². The van der Waals surface area contributed by atoms with Crippen LogP contribution in [0.15, 0.2) is 162 Å². The Bertz CT molecular complexity index is 3580. The van der Waals surface area contributed by atoms with E-state index in [0.29, 0.717) is 0 Å². The molecule has 4 aliphatic rings. The van der Waals surface area contributed by atoms with Crippen molar-refractivity contribution in [3.8, 4) is 33.4 Å². The molecule has 1 aromatic heterocycles. The maximum Gasteiger partial charge on any atom is 0.375 e. The van der Waals surface area contributed by atoms with Gasteiger partial charge in [-0.15, -0.1) is 0 Å². The first-order valence-electron chi connectivity index (χ1n) is 25.4. The maximum absolute atomic E-state index is 7.72. The Labute approximate surface area is 408 Å². The van der Waals surface area contributed by atoms with Crippen molar-refractivity contribution in [3.05, 3.63) is 186 Å². The van der Waals surface area contributed by atoms with Crippen LogP contribution in [0.2, 0.25) is 0 Å². The summed E-state index contributed by atoms with van der Waals surface area (Å²) in [5.74, 6) is 0. The number of benzene rings is 8. The lowest BCUT2D eigenvalue weighted by molar-refractivity contribution is 0.332. The van der Waals surface area contributed by atoms with Gasteiger partial charge in [-0.2, -0.15) is 0 Å². The summed E-state index contributed by atoms with van der Waals surface area (Å²) in [5.41, 5.74) is 23.7. The van der Waals surface area contributed by atoms with E-state index < -0.39 is 0 Å². The molecule has 2 aliphatic heterocycles. The molecule has 9 aromatic rings. The monoisotopic (exact) mass is 896 g/mol. The number of fused-ring (bicyclic) bond motifs is 9. The molecule has 0 saturated carbocycles. The summed E-state index contributed by atoms with van der Waals surface area (Å²) in [7, 11) is 0. The van der Waals surface area contributed by atoms with E-state index in [-0.39, 0.29) is 28.5 Å². The summed E-state index contributed by atoms with van der Waals surface area (Å²) in [5, 5.41) is 3.64. The molecule has 0 fully saturated rings. The van der Waals surface area contributed by atoms with Crippen molar-refractivity contribution in [2.75, 3.05) is 9.71 Å². The second-order valence-corrected chi connectivity index (χ2v) is 23.5. The molecule has 4 heteroatoms. The Morgan fingerprint density at radius 3 is 1.59 bits per heavy atom. The summed E-state index contributed by atoms with van der Waals surface area (Å²) in [6.07, 6.45) is 4.61. The zero-order chi connectivity index (χ0) is 47.4. The van der Waals surface area contributed by atoms with E-state index in [2.05, 4.69) is 230 Å². The first kappa shape index (κ1) is 42.3. The Hall–Kier alpha value is -6.78. The zero-order valence-electron chi connectivity index (χ0n) is 41.7. The number of furan rings is 1. The normalized spacial score (nSPS) is 17.8. The molecule has 0 unspecified atom stereocenters. The lowest BCUT2D eigenvalue weighted by Crippen LogP contribution is -2.61. The second-order valence-electron chi connectivity index (χ2n) is 23.5. The Balaban J connectivity index is 1.18. The molecule has 0 atom stereocenters. The number of anilines is 5. The third-order valence-electron chi connectivity index (χ3n) is 17.2. The van der Waals surface area contributed by atoms with Crippen LogP contribution in [0.1, 0.15) is 109 Å². The number of hydrogen-bond donors (Lipinski definition) is 0. The molecule has 3 heterocycles. The van der Waals surface area contributed by atoms with E-state index in [1.54, 1.807) is 0 Å². The Morgan fingerprint density at radius 2 is 0.971 bits per heavy atom. The molecule has 0 amide bonds. The van der Waals surface area contributed by atoms with E-state index in [0.717, 1.165) is 41.9 Å². The molecule has 0 radical (unpaired) electrons. The molecule has 13 rings (SSSR count). The highest BCUT2D eigenvalue weighted by molar-refractivity contribution is 6.93. The van der Waals surface area contributed by atoms with Gasteiger partial charge in [-0.1, -0.05) is 159 Å². The van der Waals surface area contributed by atoms with Crippen molar-refractivity contribution < 1.29 is 4.42 Å². The fourth-order valence-electron chi connectivity index (χ4n) is 12.9. The van der Waals surface area contributed by atoms with E-state index >= 15 is 0 Å². The second kappa shape index (κ2) is 14.6. The number of hydrogen-bond acceptors (Lipinski definition) is 3. The molecule has 0 N–H and O–H groups in total. The van der Waals surface area contributed by atoms with E-state index in [9.17, 15) is 0 Å². The van der Waals surface area contributed by atoms with E-state index in [1.165, 1.54) is 106 Å². The summed E-state index contributed by atoms with van der Waals surface area (Å²) in [6, 6.07) is 59.9. The highest BCUT2D eigenvalue weighted by atomic mass is 16.3. The predicted octanol–water partition coefficient (Wildman–Crippen LogP) is 16.6. The van der Waals surface area contributed by atoms with Crippen molar-refractivity contribution in [1.82, 2.24) is 0 Å². The Morgan fingerprint density at radius 1 is 0.449 bits per heavy atom. The van der Waals surface area contributed by atoms with Crippen molar-refractivity contribution in [2.45, 2.75) is 110 Å². The van der Waals surface area contributed by atoms with Crippen molar-refractivity contribution in [1.29, 1.82) is 0 Å². The van der Waals surface area contributed by atoms with Gasteiger partial charge in [0.2, 0.25) is 0 Å². The van der Waals surface area contributed by atoms with Crippen molar-refractivity contribution in [2.24, 2.45) is 0 Å². The average Bonchev–Trinajstić information content (AvgIpc) is 3.73. The van der Waals surface area contributed by atoms with Gasteiger partial charge in [-0.25, -0.2) is 0 Å². The molecule has 0 saturated heterocycles. The largest absolute Gasteiger partial charge is 0.466 e. The van der Waals surface area contributed by atoms with Gasteiger partial charge in [0, 0.05) is 33.7 Å². The summed E-state index contributed by atoms with van der Waals surface area (Å²) in [6.45, 7) is 21.7. The summed E-state index contributed by atoms with van der Waals surface area (Å²) < 4.78 is 7.72. The minimum atomic E-state index is -0.263. The van der Waals surface area contributed by atoms with Gasteiger partial charge in [-0.05, 0) is 181 Å². The zero-order valence-corrected chi connectivity index (χ0v) is 41.7. The van der Waals surface area contributed by atoms with Crippen LogP contribution in [0.25, 0.3) is 55.1 Å². The minimum absolute atomic E-state index is 0.0168. The molecule has 2 aliphatic carbocycles. The fourth-order valence-corrected chi connectivity index (χ4v) is 12.9. The average molecular weight is 897 g/mol. The lowest BCUT2D eigenvalue weighted by atomic mass is 9.45. The van der Waals surface area contributed by atoms with E-state index in [1.807, 2.05) is 0 Å². The maximum atomic E-state index is 7.72. The minimum Gasteiger partial charge on any atom is -0.466 e. The number of nitrogens with zero attached hydrogens (tertiary/aromatic N) is 2. The van der Waals surface area contributed by atoms with Gasteiger partial charge in [-0.3, -0.25) is 0 Å². The predicted molar refractivity (Wildman–Crippen MR) is 294 cm³/mol. The Kier molecular flexibility index (Phi) is 8.97. The van der Waals surface area contributed by atoms with Gasteiger partial charge in [0.1, 0.15) is 11.2 Å². The van der Waals surface area contributed by atoms with Crippen LogP contribution in [0.5, 0.6) is 0 Å². The number of rotatable bonds is 4. The van der Waals surface area contributed by atoms with Crippen molar-refractivity contribution in [3.63, 3.8) is 0 Å². The van der Waals surface area contributed by atoms with Gasteiger partial charge < -0.3 is 14.1 Å². The van der Waals surface area contributed by atoms with Crippen LogP contribution in [-0.2, 0) is 21.7 Å². The van der Waals surface area contributed by atoms with Crippen LogP contribution in [-0.4, -0.2) is 6.85 Å². The van der Waals surface area contributed by atoms with Gasteiger partial charge >= 0.3 is 6.85 Å². The summed E-state index contributed by atoms with van der Waals surface area (Å²) in [4.78, 5) is 5.27. The van der Waals surface area contributed by atoms with Crippen LogP contribution < -0.4 is 20.8 Å². The highest BCUT2D eigenvalue weighted by Crippen LogP contribution is 2.55. The summed E-state index contributed by atoms with van der Waals surface area (Å²) >= 11 is 0. The molecule has 69 heavy (non-hydrogen) atoms. The molecule has 8 aromatic carbocycles. The molecule has 0 spiro atoms. The number of aryl methyl sites for hydroxylation is 1. The first-order valence-corrected chi connectivity index (χ1v) is 25.4.